The molecule has 1 aliphatic rings. The molecule has 2 rings (SSSR count). The van der Waals surface area contributed by atoms with Gasteiger partial charge in [0.2, 0.25) is 0 Å². The van der Waals surface area contributed by atoms with Crippen LogP contribution in [0.5, 0.6) is 0 Å². The van der Waals surface area contributed by atoms with Gasteiger partial charge in [-0.25, -0.2) is 0 Å². The second kappa shape index (κ2) is 6.88. The summed E-state index contributed by atoms with van der Waals surface area (Å²) in [6.07, 6.45) is 7.74. The van der Waals surface area contributed by atoms with Gasteiger partial charge >= 0.3 is 0 Å². The number of hydrogen-bond acceptors (Lipinski definition) is 1. The molecule has 0 spiro atoms. The van der Waals surface area contributed by atoms with Gasteiger partial charge in [0.1, 0.15) is 5.78 Å². The number of carbonyl (C=O) groups excluding carboxylic acids is 1. The number of Topliss-reactive ketones (excluding diaryl/α,β-unsaturated/α-hetero) is 1. The summed E-state index contributed by atoms with van der Waals surface area (Å²) in [5, 5.41) is 0. The van der Waals surface area contributed by atoms with Gasteiger partial charge in [-0.15, -0.1) is 0 Å². The minimum Gasteiger partial charge on any atom is -0.299 e. The lowest BCUT2D eigenvalue weighted by Gasteiger charge is -2.17. The normalized spacial score (nSPS) is 19.2. The second-order valence-electron chi connectivity index (χ2n) is 5.88. The van der Waals surface area contributed by atoms with Crippen molar-refractivity contribution in [1.29, 1.82) is 0 Å². The van der Waals surface area contributed by atoms with Crippen molar-refractivity contribution in [2.24, 2.45) is 5.92 Å². The van der Waals surface area contributed by atoms with Gasteiger partial charge in [0.15, 0.2) is 0 Å². The van der Waals surface area contributed by atoms with Crippen LogP contribution < -0.4 is 0 Å². The molecule has 0 amide bonds. The summed E-state index contributed by atoms with van der Waals surface area (Å²) in [7, 11) is 0. The predicted octanol–water partition coefficient (Wildman–Crippen LogP) is 4.89. The van der Waals surface area contributed by atoms with Crippen molar-refractivity contribution in [3.05, 3.63) is 35.4 Å². The summed E-state index contributed by atoms with van der Waals surface area (Å²) >= 11 is 0. The molecule has 2 atom stereocenters. The highest BCUT2D eigenvalue weighted by molar-refractivity contribution is 5.87. The molecule has 1 aromatic carbocycles. The molecule has 19 heavy (non-hydrogen) atoms. The Morgan fingerprint density at radius 1 is 1.32 bits per heavy atom. The Hall–Kier alpha value is -1.11. The molecule has 0 aromatic heterocycles. The number of fused-ring (bicyclic) bond motifs is 1. The van der Waals surface area contributed by atoms with Crippen LogP contribution in [0.25, 0.3) is 0 Å². The zero-order valence-electron chi connectivity index (χ0n) is 12.3. The first kappa shape index (κ1) is 14.3. The van der Waals surface area contributed by atoms with Gasteiger partial charge in [-0.1, -0.05) is 63.8 Å². The maximum Gasteiger partial charge on any atom is 0.140 e. The van der Waals surface area contributed by atoms with Gasteiger partial charge < -0.3 is 0 Å². The van der Waals surface area contributed by atoms with Crippen LogP contribution in [0.1, 0.15) is 69.4 Å². The minimum atomic E-state index is 0.187. The van der Waals surface area contributed by atoms with Crippen molar-refractivity contribution in [2.45, 2.75) is 64.7 Å². The lowest BCUT2D eigenvalue weighted by Crippen LogP contribution is -2.14. The van der Waals surface area contributed by atoms with E-state index >= 15 is 0 Å². The highest BCUT2D eigenvalue weighted by Gasteiger charge is 2.28. The van der Waals surface area contributed by atoms with Crippen molar-refractivity contribution in [1.82, 2.24) is 0 Å². The largest absolute Gasteiger partial charge is 0.299 e. The Morgan fingerprint density at radius 3 is 2.84 bits per heavy atom. The van der Waals surface area contributed by atoms with Gasteiger partial charge in [0.05, 0.1) is 0 Å². The lowest BCUT2D eigenvalue weighted by atomic mass is 9.87. The Labute approximate surface area is 117 Å². The monoisotopic (exact) mass is 258 g/mol. The van der Waals surface area contributed by atoms with Gasteiger partial charge in [0, 0.05) is 12.3 Å². The Balaban J connectivity index is 1.97. The smallest absolute Gasteiger partial charge is 0.140 e. The first-order valence-corrected chi connectivity index (χ1v) is 7.86. The molecule has 104 valence electrons. The molecule has 0 fully saturated rings. The van der Waals surface area contributed by atoms with Crippen LogP contribution in [0.3, 0.4) is 0 Å². The van der Waals surface area contributed by atoms with E-state index in [0.717, 1.165) is 25.7 Å². The molecule has 0 bridgehead atoms. The second-order valence-corrected chi connectivity index (χ2v) is 5.88. The van der Waals surface area contributed by atoms with Gasteiger partial charge in [-0.3, -0.25) is 4.79 Å². The van der Waals surface area contributed by atoms with E-state index in [1.54, 1.807) is 0 Å². The Kier molecular flexibility index (Phi) is 5.18. The van der Waals surface area contributed by atoms with Crippen LogP contribution in [-0.4, -0.2) is 5.78 Å². The number of unbranched alkanes of at least 4 members (excludes halogenated alkanes) is 1. The van der Waals surface area contributed by atoms with Crippen LogP contribution in [-0.2, 0) is 11.2 Å². The Morgan fingerprint density at radius 2 is 2.11 bits per heavy atom. The van der Waals surface area contributed by atoms with Crippen molar-refractivity contribution in [3.63, 3.8) is 0 Å². The van der Waals surface area contributed by atoms with E-state index in [0.29, 0.717) is 11.7 Å². The van der Waals surface area contributed by atoms with E-state index in [1.807, 2.05) is 0 Å². The predicted molar refractivity (Wildman–Crippen MR) is 80.4 cm³/mol. The van der Waals surface area contributed by atoms with Crippen LogP contribution in [0.2, 0.25) is 0 Å². The zero-order valence-corrected chi connectivity index (χ0v) is 12.3. The third kappa shape index (κ3) is 3.46. The van der Waals surface area contributed by atoms with Gasteiger partial charge in [-0.05, 0) is 29.9 Å². The number of carbonyl (C=O) groups is 1. The summed E-state index contributed by atoms with van der Waals surface area (Å²) in [5.41, 5.74) is 2.69. The number of rotatable bonds is 7. The fourth-order valence-corrected chi connectivity index (χ4v) is 3.26. The fraction of sp³-hybridized carbons (Fsp3) is 0.611. The van der Waals surface area contributed by atoms with E-state index in [4.69, 9.17) is 0 Å². The van der Waals surface area contributed by atoms with E-state index in [2.05, 4.69) is 38.1 Å². The summed E-state index contributed by atoms with van der Waals surface area (Å²) in [4.78, 5) is 12.5. The molecule has 0 saturated heterocycles. The summed E-state index contributed by atoms with van der Waals surface area (Å²) in [6, 6.07) is 8.48. The van der Waals surface area contributed by atoms with Crippen LogP contribution in [0.15, 0.2) is 24.3 Å². The zero-order chi connectivity index (χ0) is 13.7. The molecule has 1 nitrogen and oxygen atoms in total. The summed E-state index contributed by atoms with van der Waals surface area (Å²) < 4.78 is 0. The molecule has 0 saturated carbocycles. The van der Waals surface area contributed by atoms with E-state index in [-0.39, 0.29) is 5.92 Å². The topological polar surface area (TPSA) is 17.1 Å². The quantitative estimate of drug-likeness (QED) is 0.680. The van der Waals surface area contributed by atoms with Gasteiger partial charge in [0.25, 0.3) is 0 Å². The minimum absolute atomic E-state index is 0.187. The molecule has 0 aliphatic heterocycles. The van der Waals surface area contributed by atoms with Crippen LogP contribution in [0.4, 0.5) is 0 Å². The SMILES string of the molecule is CCCCC(CC)CC(=O)C1CCc2ccccc21. The van der Waals surface area contributed by atoms with E-state index < -0.39 is 0 Å². The standard InChI is InChI=1S/C18H26O/c1-3-5-8-14(4-2)13-18(19)17-12-11-15-9-6-7-10-16(15)17/h6-7,9-10,14,17H,3-5,8,11-13H2,1-2H3. The molecule has 1 aromatic rings. The molecule has 1 aliphatic carbocycles. The molecule has 0 heterocycles. The van der Waals surface area contributed by atoms with Crippen molar-refractivity contribution < 1.29 is 4.79 Å². The first-order valence-electron chi connectivity index (χ1n) is 7.86. The van der Waals surface area contributed by atoms with E-state index in [1.165, 1.54) is 30.4 Å². The summed E-state index contributed by atoms with van der Waals surface area (Å²) in [6.45, 7) is 4.44. The highest BCUT2D eigenvalue weighted by atomic mass is 16.1. The van der Waals surface area contributed by atoms with E-state index in [9.17, 15) is 4.79 Å². The number of benzene rings is 1. The first-order chi connectivity index (χ1) is 9.26. The Bertz CT molecular complexity index is 421. The van der Waals surface area contributed by atoms with Gasteiger partial charge in [-0.2, -0.15) is 0 Å². The average Bonchev–Trinajstić information content (AvgIpc) is 2.87. The van der Waals surface area contributed by atoms with Crippen LogP contribution in [0, 0.1) is 5.92 Å². The third-order valence-corrected chi connectivity index (χ3v) is 4.55. The fourth-order valence-electron chi connectivity index (χ4n) is 3.26. The number of ketones is 1. The van der Waals surface area contributed by atoms with Crippen molar-refractivity contribution in [3.8, 4) is 0 Å². The van der Waals surface area contributed by atoms with Crippen LogP contribution >= 0.6 is 0 Å². The lowest BCUT2D eigenvalue weighted by molar-refractivity contribution is -0.121. The number of hydrogen-bond donors (Lipinski definition) is 0. The maximum atomic E-state index is 12.5. The van der Waals surface area contributed by atoms with Crippen molar-refractivity contribution >= 4 is 5.78 Å². The summed E-state index contributed by atoms with van der Waals surface area (Å²) in [5.74, 6) is 1.26. The van der Waals surface area contributed by atoms with Crippen molar-refractivity contribution in [2.75, 3.05) is 0 Å². The molecule has 2 unspecified atom stereocenters. The molecule has 0 radical (unpaired) electrons. The highest BCUT2D eigenvalue weighted by Crippen LogP contribution is 2.35. The molecule has 0 N–H and O–H groups in total. The molecule has 1 heteroatoms. The molecular formula is C18H26O. The number of aryl methyl sites for hydroxylation is 1. The average molecular weight is 258 g/mol. The maximum absolute atomic E-state index is 12.5. The molecular weight excluding hydrogens is 232 g/mol. The third-order valence-electron chi connectivity index (χ3n) is 4.55.